The molecule has 4 amide bonds. The Bertz CT molecular complexity index is 2050. The zero-order valence-corrected chi connectivity index (χ0v) is 34.9. The van der Waals surface area contributed by atoms with Gasteiger partial charge in [0.05, 0.1) is 49.0 Å². The SMILES string of the molecule is CC(C)(C)OC(=O)N[C@@H](CCCn1ccnc1N)C(=O)N[C@@H]1CCN(CCOCCOCCOc2ncc(Cl)cc2NC(=O)Nc2cnc3cc(Cl)nn3c2C2CC2)C1. The number of hydrogen-bond donors (Lipinski definition) is 5. The molecule has 0 unspecified atom stereocenters. The van der Waals surface area contributed by atoms with Crippen LogP contribution in [0, 0.1) is 0 Å². The molecule has 0 aromatic carbocycles. The van der Waals surface area contributed by atoms with Crippen LogP contribution in [0.25, 0.3) is 5.65 Å². The van der Waals surface area contributed by atoms with Gasteiger partial charge in [-0.2, -0.15) is 5.10 Å². The van der Waals surface area contributed by atoms with Gasteiger partial charge in [-0.1, -0.05) is 23.2 Å². The minimum absolute atomic E-state index is 0.0616. The average Bonchev–Trinajstić information content (AvgIpc) is 3.57. The number of carbonyl (C=O) groups excluding carboxylic acids is 3. The number of alkyl carbamates (subject to hydrolysis) is 1. The first-order chi connectivity index (χ1) is 28.3. The highest BCUT2D eigenvalue weighted by Crippen LogP contribution is 2.43. The molecular formula is C38H52Cl2N12O7. The van der Waals surface area contributed by atoms with Gasteiger partial charge in [0.1, 0.15) is 23.9 Å². The third-order valence-electron chi connectivity index (χ3n) is 9.43. The van der Waals surface area contributed by atoms with Gasteiger partial charge in [-0.25, -0.2) is 29.1 Å². The zero-order valence-electron chi connectivity index (χ0n) is 33.4. The number of imidazole rings is 1. The number of urea groups is 1. The largest absolute Gasteiger partial charge is 0.474 e. The Morgan fingerprint density at radius 3 is 2.46 bits per heavy atom. The van der Waals surface area contributed by atoms with Crippen molar-refractivity contribution in [3.8, 4) is 5.88 Å². The summed E-state index contributed by atoms with van der Waals surface area (Å²) in [5, 5.41) is 16.4. The van der Waals surface area contributed by atoms with E-state index in [1.165, 1.54) is 6.20 Å². The predicted octanol–water partition coefficient (Wildman–Crippen LogP) is 4.71. The van der Waals surface area contributed by atoms with E-state index in [-0.39, 0.29) is 42.6 Å². The van der Waals surface area contributed by atoms with E-state index in [0.29, 0.717) is 79.8 Å². The van der Waals surface area contributed by atoms with Crippen molar-refractivity contribution < 1.29 is 33.3 Å². The standard InChI is InChI=1S/C38H52Cl2N12O7/c1-38(2,3)59-37(55)48-27(5-4-10-51-12-9-42-35(51)41)33(53)45-26-8-11-50(23-26)13-14-56-15-16-57-17-18-58-34-28(19-25(39)21-44-34)46-36(54)47-29-22-43-31-20-30(40)49-52(31)32(29)24-6-7-24/h9,12,19-22,24,26-27H,4-8,10-11,13-18,23H2,1-3H3,(H2,41,42)(H,45,53)(H,48,55)(H2,46,47,54)/t26-,27+/m1/s1. The summed E-state index contributed by atoms with van der Waals surface area (Å²) in [6.45, 7) is 9.71. The fraction of sp³-hybridized carbons (Fsp3) is 0.553. The quantitative estimate of drug-likeness (QED) is 0.0761. The van der Waals surface area contributed by atoms with Crippen molar-refractivity contribution in [1.82, 2.24) is 44.7 Å². The molecule has 21 heteroatoms. The summed E-state index contributed by atoms with van der Waals surface area (Å²) in [6.07, 6.45) is 9.51. The number of anilines is 3. The summed E-state index contributed by atoms with van der Waals surface area (Å²) in [6, 6.07) is 1.87. The molecule has 0 bridgehead atoms. The van der Waals surface area contributed by atoms with Crippen molar-refractivity contribution in [2.75, 3.05) is 69.0 Å². The van der Waals surface area contributed by atoms with Crippen LogP contribution >= 0.6 is 23.2 Å². The molecule has 0 radical (unpaired) electrons. The molecule has 19 nitrogen and oxygen atoms in total. The number of hydrogen-bond acceptors (Lipinski definition) is 13. The molecule has 2 atom stereocenters. The van der Waals surface area contributed by atoms with E-state index in [0.717, 1.165) is 31.5 Å². The van der Waals surface area contributed by atoms with Gasteiger partial charge in [0.25, 0.3) is 0 Å². The highest BCUT2D eigenvalue weighted by molar-refractivity contribution is 6.31. The molecule has 320 valence electrons. The van der Waals surface area contributed by atoms with Gasteiger partial charge in [-0.15, -0.1) is 0 Å². The first-order valence-corrected chi connectivity index (χ1v) is 20.4. The van der Waals surface area contributed by atoms with Crippen LogP contribution in [0.5, 0.6) is 5.88 Å². The number of halogens is 2. The van der Waals surface area contributed by atoms with Gasteiger partial charge in [-0.05, 0) is 58.9 Å². The predicted molar refractivity (Wildman–Crippen MR) is 221 cm³/mol. The van der Waals surface area contributed by atoms with Crippen LogP contribution < -0.4 is 31.7 Å². The molecule has 0 spiro atoms. The van der Waals surface area contributed by atoms with Crippen LogP contribution in [-0.4, -0.2) is 122 Å². The van der Waals surface area contributed by atoms with Crippen LogP contribution in [0.1, 0.15) is 64.5 Å². The molecule has 5 heterocycles. The first-order valence-electron chi connectivity index (χ1n) is 19.7. The van der Waals surface area contributed by atoms with Crippen LogP contribution in [0.4, 0.5) is 26.9 Å². The Morgan fingerprint density at radius 2 is 1.71 bits per heavy atom. The Labute approximate surface area is 352 Å². The van der Waals surface area contributed by atoms with E-state index in [4.69, 9.17) is 47.9 Å². The van der Waals surface area contributed by atoms with Crippen LogP contribution in [-0.2, 0) is 25.5 Å². The second-order valence-corrected chi connectivity index (χ2v) is 16.2. The maximum absolute atomic E-state index is 13.3. The van der Waals surface area contributed by atoms with E-state index in [2.05, 4.69) is 46.2 Å². The fourth-order valence-electron chi connectivity index (χ4n) is 6.56. The Kier molecular flexibility index (Phi) is 15.0. The number of carbonyl (C=O) groups is 3. The molecule has 1 saturated heterocycles. The number of fused-ring (bicyclic) bond motifs is 1. The number of pyridine rings is 1. The van der Waals surface area contributed by atoms with Crippen molar-refractivity contribution >= 4 is 64.2 Å². The highest BCUT2D eigenvalue weighted by atomic mass is 35.5. The Morgan fingerprint density at radius 1 is 0.949 bits per heavy atom. The van der Waals surface area contributed by atoms with E-state index in [1.807, 2.05) is 0 Å². The maximum atomic E-state index is 13.3. The number of nitrogens with two attached hydrogens (primary N) is 1. The Balaban J connectivity index is 0.858. The normalized spacial score (nSPS) is 16.2. The van der Waals surface area contributed by atoms with Crippen molar-refractivity contribution in [3.05, 3.63) is 52.8 Å². The molecule has 2 aliphatic rings. The van der Waals surface area contributed by atoms with Crippen molar-refractivity contribution in [2.45, 2.75) is 83.0 Å². The van der Waals surface area contributed by atoms with Crippen LogP contribution in [0.3, 0.4) is 0 Å². The number of ether oxygens (including phenoxy) is 4. The highest BCUT2D eigenvalue weighted by Gasteiger charge is 2.31. The number of aryl methyl sites for hydroxylation is 1. The monoisotopic (exact) mass is 858 g/mol. The van der Waals surface area contributed by atoms with Crippen molar-refractivity contribution in [2.24, 2.45) is 0 Å². The minimum Gasteiger partial charge on any atom is -0.474 e. The molecule has 1 aliphatic carbocycles. The lowest BCUT2D eigenvalue weighted by Gasteiger charge is -2.24. The average molecular weight is 860 g/mol. The summed E-state index contributed by atoms with van der Waals surface area (Å²) in [4.78, 5) is 53.8. The molecule has 59 heavy (non-hydrogen) atoms. The van der Waals surface area contributed by atoms with Gasteiger partial charge in [0.2, 0.25) is 11.8 Å². The van der Waals surface area contributed by atoms with E-state index < -0.39 is 23.8 Å². The summed E-state index contributed by atoms with van der Waals surface area (Å²) in [5.41, 5.74) is 7.44. The van der Waals surface area contributed by atoms with E-state index in [1.54, 1.807) is 60.6 Å². The van der Waals surface area contributed by atoms with Gasteiger partial charge < -0.3 is 50.5 Å². The molecule has 6 rings (SSSR count). The third-order valence-corrected chi connectivity index (χ3v) is 9.82. The second-order valence-electron chi connectivity index (χ2n) is 15.3. The number of amides is 4. The molecular weight excluding hydrogens is 807 g/mol. The van der Waals surface area contributed by atoms with Crippen LogP contribution in [0.15, 0.2) is 36.9 Å². The number of likely N-dealkylation sites (tertiary alicyclic amines) is 1. The lowest BCUT2D eigenvalue weighted by atomic mass is 10.1. The number of nitrogen functional groups attached to an aromatic ring is 1. The minimum atomic E-state index is -0.764. The summed E-state index contributed by atoms with van der Waals surface area (Å²) in [5.74, 6) is 0.574. The number of nitrogens with one attached hydrogen (secondary N) is 4. The van der Waals surface area contributed by atoms with Gasteiger partial charge in [0, 0.05) is 62.8 Å². The van der Waals surface area contributed by atoms with Crippen molar-refractivity contribution in [1.29, 1.82) is 0 Å². The summed E-state index contributed by atoms with van der Waals surface area (Å²) in [7, 11) is 0. The molecule has 4 aromatic heterocycles. The van der Waals surface area contributed by atoms with Gasteiger partial charge >= 0.3 is 12.1 Å². The zero-order chi connectivity index (χ0) is 41.9. The molecule has 4 aromatic rings. The first kappa shape index (κ1) is 43.6. The number of rotatable bonds is 20. The van der Waals surface area contributed by atoms with E-state index >= 15 is 0 Å². The fourth-order valence-corrected chi connectivity index (χ4v) is 6.89. The lowest BCUT2D eigenvalue weighted by molar-refractivity contribution is -0.124. The molecule has 2 fully saturated rings. The number of aromatic nitrogens is 6. The second kappa shape index (κ2) is 20.3. The van der Waals surface area contributed by atoms with Gasteiger partial charge in [-0.3, -0.25) is 9.69 Å². The number of nitrogens with zero attached hydrogens (tertiary/aromatic N) is 7. The Hall–Kier alpha value is -4.95. The maximum Gasteiger partial charge on any atom is 0.408 e. The smallest absolute Gasteiger partial charge is 0.408 e. The molecule has 1 saturated carbocycles. The third kappa shape index (κ3) is 13.3. The van der Waals surface area contributed by atoms with E-state index in [9.17, 15) is 14.4 Å². The summed E-state index contributed by atoms with van der Waals surface area (Å²) < 4.78 is 26.2. The molecule has 1 aliphatic heterocycles. The topological polar surface area (TPSA) is 226 Å². The van der Waals surface area contributed by atoms with Crippen LogP contribution in [0.2, 0.25) is 10.2 Å². The lowest BCUT2D eigenvalue weighted by Crippen LogP contribution is -2.51. The van der Waals surface area contributed by atoms with Gasteiger partial charge in [0.15, 0.2) is 16.7 Å². The van der Waals surface area contributed by atoms with Crippen molar-refractivity contribution in [3.63, 3.8) is 0 Å². The summed E-state index contributed by atoms with van der Waals surface area (Å²) >= 11 is 12.3. The molecule has 6 N–H and O–H groups in total.